The van der Waals surface area contributed by atoms with Crippen molar-refractivity contribution in [2.24, 2.45) is 11.8 Å². The van der Waals surface area contributed by atoms with E-state index >= 15 is 0 Å². The molecule has 0 radical (unpaired) electrons. The number of phenols is 2. The van der Waals surface area contributed by atoms with Crippen LogP contribution in [0.15, 0.2) is 58.7 Å². The van der Waals surface area contributed by atoms with Gasteiger partial charge >= 0.3 is 17.9 Å². The van der Waals surface area contributed by atoms with Crippen LogP contribution in [0.2, 0.25) is 10.0 Å². The molecule has 1 aromatic carbocycles. The SMILES string of the molecule is CCc1c(Cl)c(O)c(Cl)c(O)c1C(=O)O[C@@H]1[C@@H](O)[C@@H](OC)[C@@H](OC/C2=C/C=C/CC(O)/C(C)=C/C(CC)C(O[C@@H]3OC(C)(C)[C@@H](OC(=O)C(C)C)[C@H](O)[C@@H]3O)/C(C)=C/C(C)=C/CC(C(C)O)OC2=O)O[C@H]1C. The Morgan fingerprint density at radius 1 is 0.903 bits per heavy atom. The molecule has 2 fully saturated rings. The van der Waals surface area contributed by atoms with Gasteiger partial charge in [0.2, 0.25) is 0 Å². The van der Waals surface area contributed by atoms with E-state index in [1.807, 2.05) is 32.9 Å². The molecule has 72 heavy (non-hydrogen) atoms. The molecule has 0 aliphatic carbocycles. The number of esters is 3. The lowest BCUT2D eigenvalue weighted by molar-refractivity contribution is -0.333. The summed E-state index contributed by atoms with van der Waals surface area (Å²) >= 11 is 12.3. The van der Waals surface area contributed by atoms with Gasteiger partial charge in [-0.3, -0.25) is 4.79 Å². The van der Waals surface area contributed by atoms with E-state index in [-0.39, 0.29) is 35.4 Å². The number of allylic oxidation sites excluding steroid dienone is 4. The van der Waals surface area contributed by atoms with E-state index < -0.39 is 144 Å². The molecule has 0 spiro atoms. The van der Waals surface area contributed by atoms with Crippen LogP contribution in [0.1, 0.15) is 111 Å². The van der Waals surface area contributed by atoms with Crippen LogP contribution in [0.3, 0.4) is 0 Å². The van der Waals surface area contributed by atoms with E-state index in [4.69, 9.17) is 61.1 Å². The van der Waals surface area contributed by atoms with E-state index in [9.17, 15) is 50.1 Å². The number of hydrogen-bond acceptors (Lipinski definition) is 18. The number of aromatic hydroxyl groups is 2. The first-order valence-corrected chi connectivity index (χ1v) is 24.9. The van der Waals surface area contributed by atoms with Gasteiger partial charge in [0.15, 0.2) is 36.3 Å². The van der Waals surface area contributed by atoms with E-state index in [2.05, 4.69) is 0 Å². The first-order valence-electron chi connectivity index (χ1n) is 24.2. The Morgan fingerprint density at radius 2 is 1.57 bits per heavy atom. The molecule has 3 aliphatic heterocycles. The summed E-state index contributed by atoms with van der Waals surface area (Å²) in [6, 6.07) is 0. The second kappa shape index (κ2) is 26.5. The Bertz CT molecular complexity index is 2220. The maximum atomic E-state index is 13.9. The van der Waals surface area contributed by atoms with Crippen LogP contribution in [-0.4, -0.2) is 153 Å². The van der Waals surface area contributed by atoms with Crippen LogP contribution in [-0.2, 0) is 53.9 Å². The van der Waals surface area contributed by atoms with Crippen LogP contribution in [0.5, 0.6) is 11.5 Å². The van der Waals surface area contributed by atoms with Crippen molar-refractivity contribution in [3.05, 3.63) is 79.9 Å². The van der Waals surface area contributed by atoms with Crippen LogP contribution < -0.4 is 0 Å². The van der Waals surface area contributed by atoms with Crippen molar-refractivity contribution in [1.29, 1.82) is 0 Å². The standard InChI is InChI=1S/C52H74Cl2O18/c1-13-30-22-26(6)33(56)18-16-15-17-31(23-66-51-45(65-12)42(61)44(29(9)67-51)69-49(64)35-32(14-2)36(53)39(58)37(54)38(35)57)48(63)68-34(28(8)55)20-19-25(5)21-27(7)43(30)70-50-41(60)40(59)46(52(10,11)72-50)71-47(62)24(3)4/h15-17,19,21-22,24,28-30,33-34,40-46,50-51,55-61H,13-14,18,20,23H2,1-12H3/b16-15+,25-19+,26-22+,27-21+,31-17-/t28?,29-,30?,33?,34?,40+,41-,42+,43?,44-,45+,46-,50+,51-/m0/s1. The summed E-state index contributed by atoms with van der Waals surface area (Å²) in [6.45, 7) is 18.1. The van der Waals surface area contributed by atoms with Crippen LogP contribution >= 0.6 is 23.2 Å². The molecule has 18 nitrogen and oxygen atoms in total. The number of methoxy groups -OCH3 is 1. The summed E-state index contributed by atoms with van der Waals surface area (Å²) in [4.78, 5) is 40.0. The van der Waals surface area contributed by atoms with E-state index in [0.29, 0.717) is 23.1 Å². The molecular formula is C52H74Cl2O18. The van der Waals surface area contributed by atoms with Gasteiger partial charge in [0.1, 0.15) is 46.7 Å². The maximum absolute atomic E-state index is 13.9. The third kappa shape index (κ3) is 14.7. The van der Waals surface area contributed by atoms with Crippen molar-refractivity contribution in [1.82, 2.24) is 0 Å². The number of benzene rings is 1. The topological polar surface area (TPSA) is 267 Å². The molecule has 0 bridgehead atoms. The number of halogens is 2. The molecule has 7 N–H and O–H groups in total. The monoisotopic (exact) mass is 1060 g/mol. The minimum atomic E-state index is -1.61. The smallest absolute Gasteiger partial charge is 0.342 e. The lowest BCUT2D eigenvalue weighted by Gasteiger charge is -2.47. The molecule has 1 aromatic rings. The van der Waals surface area contributed by atoms with Crippen LogP contribution in [0.25, 0.3) is 0 Å². The van der Waals surface area contributed by atoms with Gasteiger partial charge in [0, 0.05) is 19.4 Å². The first-order chi connectivity index (χ1) is 33.7. The minimum Gasteiger partial charge on any atom is -0.505 e. The second-order valence-electron chi connectivity index (χ2n) is 19.4. The number of cyclic esters (lactones) is 1. The highest BCUT2D eigenvalue weighted by Gasteiger charge is 2.53. The number of rotatable bonds is 13. The fourth-order valence-electron chi connectivity index (χ4n) is 8.60. The molecule has 14 atom stereocenters. The maximum Gasteiger partial charge on any atom is 0.342 e. The molecule has 5 unspecified atom stereocenters. The number of carbonyl (C=O) groups is 3. The van der Waals surface area contributed by atoms with E-state index in [1.165, 1.54) is 33.1 Å². The normalized spacial score (nSPS) is 34.8. The Kier molecular flexibility index (Phi) is 22.4. The van der Waals surface area contributed by atoms with Gasteiger partial charge in [-0.15, -0.1) is 0 Å². The summed E-state index contributed by atoms with van der Waals surface area (Å²) in [5, 5.41) is 76.5. The third-order valence-corrected chi connectivity index (χ3v) is 13.8. The predicted molar refractivity (Wildman–Crippen MR) is 265 cm³/mol. The molecule has 404 valence electrons. The largest absolute Gasteiger partial charge is 0.505 e. The fourth-order valence-corrected chi connectivity index (χ4v) is 9.16. The van der Waals surface area contributed by atoms with Gasteiger partial charge in [-0.2, -0.15) is 0 Å². The average molecular weight is 1060 g/mol. The summed E-state index contributed by atoms with van der Waals surface area (Å²) < 4.78 is 47.5. The van der Waals surface area contributed by atoms with Crippen molar-refractivity contribution in [3.63, 3.8) is 0 Å². The third-order valence-electron chi connectivity index (χ3n) is 13.0. The molecule has 4 rings (SSSR count). The summed E-state index contributed by atoms with van der Waals surface area (Å²) in [5.74, 6) is -4.78. The van der Waals surface area contributed by atoms with Crippen molar-refractivity contribution in [2.45, 2.75) is 187 Å². The van der Waals surface area contributed by atoms with Gasteiger partial charge in [0.05, 0.1) is 47.5 Å². The number of aliphatic hydroxyl groups is 5. The lowest BCUT2D eigenvalue weighted by Crippen LogP contribution is -2.64. The van der Waals surface area contributed by atoms with Crippen molar-refractivity contribution >= 4 is 41.1 Å². The summed E-state index contributed by atoms with van der Waals surface area (Å²) in [6.07, 6.45) is -5.45. The summed E-state index contributed by atoms with van der Waals surface area (Å²) in [7, 11) is 1.26. The fraction of sp³-hybridized carbons (Fsp3) is 0.635. The van der Waals surface area contributed by atoms with E-state index in [1.54, 1.807) is 53.7 Å². The second-order valence-corrected chi connectivity index (χ2v) is 20.1. The van der Waals surface area contributed by atoms with Gasteiger partial charge in [0.25, 0.3) is 0 Å². The van der Waals surface area contributed by atoms with Gasteiger partial charge in [-0.05, 0) is 90.5 Å². The van der Waals surface area contributed by atoms with Crippen molar-refractivity contribution in [2.75, 3.05) is 13.7 Å². The number of phenolic OH excluding ortho intramolecular Hbond substituents is 2. The molecule has 0 saturated carbocycles. The molecule has 0 amide bonds. The Hall–Kier alpha value is -3.89. The molecule has 3 heterocycles. The average Bonchev–Trinajstić information content (AvgIpc) is 3.32. The molecule has 3 aliphatic rings. The van der Waals surface area contributed by atoms with Crippen LogP contribution in [0, 0.1) is 11.8 Å². The number of ether oxygens (including phenoxy) is 8. The highest BCUT2D eigenvalue weighted by molar-refractivity contribution is 6.39. The number of hydrogen-bond donors (Lipinski definition) is 7. The number of aliphatic hydroxyl groups excluding tert-OH is 5. The van der Waals surface area contributed by atoms with Crippen molar-refractivity contribution in [3.8, 4) is 11.5 Å². The zero-order chi connectivity index (χ0) is 54.1. The Labute approximate surface area is 431 Å². The molecular weight excluding hydrogens is 983 g/mol. The highest BCUT2D eigenvalue weighted by Crippen LogP contribution is 2.45. The van der Waals surface area contributed by atoms with Crippen molar-refractivity contribution < 1.29 is 88.0 Å². The molecule has 0 aromatic heterocycles. The Balaban J connectivity index is 1.61. The van der Waals surface area contributed by atoms with Gasteiger partial charge < -0.3 is 73.6 Å². The van der Waals surface area contributed by atoms with Gasteiger partial charge in [-0.1, -0.05) is 86.9 Å². The minimum absolute atomic E-state index is 0.0372. The first kappa shape index (κ1) is 60.7. The quantitative estimate of drug-likeness (QED) is 0.0655. The number of carbonyl (C=O) groups excluding carboxylic acids is 3. The highest BCUT2D eigenvalue weighted by atomic mass is 35.5. The zero-order valence-electron chi connectivity index (χ0n) is 43.0. The zero-order valence-corrected chi connectivity index (χ0v) is 44.5. The summed E-state index contributed by atoms with van der Waals surface area (Å²) in [5.41, 5.74) is 0.318. The van der Waals surface area contributed by atoms with Gasteiger partial charge in [-0.25, -0.2) is 9.59 Å². The Morgan fingerprint density at radius 3 is 2.17 bits per heavy atom. The molecule has 20 heteroatoms. The van der Waals surface area contributed by atoms with Crippen LogP contribution in [0.4, 0.5) is 0 Å². The molecule has 2 saturated heterocycles. The lowest BCUT2D eigenvalue weighted by atomic mass is 9.88. The predicted octanol–water partition coefficient (Wildman–Crippen LogP) is 6.23. The van der Waals surface area contributed by atoms with E-state index in [0.717, 1.165) is 0 Å².